The lowest BCUT2D eigenvalue weighted by Gasteiger charge is -2.15. The Kier molecular flexibility index (Phi) is 12.4. The lowest BCUT2D eigenvalue weighted by Crippen LogP contribution is -2.28. The number of ether oxygens (including phenoxy) is 2. The SMILES string of the molecule is CCOC(=O)C(CCCC[C@@H](C)CCC=C(C)C)C(=O)OCC. The maximum absolute atomic E-state index is 11.9. The summed E-state index contributed by atoms with van der Waals surface area (Å²) in [7, 11) is 0. The van der Waals surface area contributed by atoms with Crippen LogP contribution in [0.5, 0.6) is 0 Å². The predicted molar refractivity (Wildman–Crippen MR) is 93.1 cm³/mol. The molecule has 0 saturated carbocycles. The third kappa shape index (κ3) is 10.9. The monoisotopic (exact) mass is 326 g/mol. The van der Waals surface area contributed by atoms with Crippen LogP contribution in [0.15, 0.2) is 11.6 Å². The number of allylic oxidation sites excluding steroid dienone is 2. The Morgan fingerprint density at radius 3 is 1.91 bits per heavy atom. The van der Waals surface area contributed by atoms with Crippen LogP contribution in [-0.2, 0) is 19.1 Å². The van der Waals surface area contributed by atoms with Crippen molar-refractivity contribution < 1.29 is 19.1 Å². The van der Waals surface area contributed by atoms with Gasteiger partial charge in [0.05, 0.1) is 13.2 Å². The molecule has 0 bridgehead atoms. The minimum absolute atomic E-state index is 0.288. The first-order valence-electron chi connectivity index (χ1n) is 8.88. The van der Waals surface area contributed by atoms with Crippen molar-refractivity contribution in [3.8, 4) is 0 Å². The zero-order valence-electron chi connectivity index (χ0n) is 15.5. The second-order valence-electron chi connectivity index (χ2n) is 6.31. The fourth-order valence-electron chi connectivity index (χ4n) is 2.46. The smallest absolute Gasteiger partial charge is 0.320 e. The Bertz CT molecular complexity index is 352. The summed E-state index contributed by atoms with van der Waals surface area (Å²) in [4.78, 5) is 23.7. The summed E-state index contributed by atoms with van der Waals surface area (Å²) in [5, 5.41) is 0. The average Bonchev–Trinajstić information content (AvgIpc) is 2.47. The minimum Gasteiger partial charge on any atom is -0.465 e. The number of rotatable bonds is 12. The Labute approximate surface area is 141 Å². The van der Waals surface area contributed by atoms with Gasteiger partial charge >= 0.3 is 11.9 Å². The Morgan fingerprint density at radius 1 is 0.913 bits per heavy atom. The molecule has 4 nitrogen and oxygen atoms in total. The molecular weight excluding hydrogens is 292 g/mol. The van der Waals surface area contributed by atoms with Gasteiger partial charge in [-0.2, -0.15) is 0 Å². The summed E-state index contributed by atoms with van der Waals surface area (Å²) in [6.07, 6.45) is 8.07. The Balaban J connectivity index is 4.13. The summed E-state index contributed by atoms with van der Waals surface area (Å²) < 4.78 is 9.96. The van der Waals surface area contributed by atoms with Crippen molar-refractivity contribution in [2.45, 2.75) is 73.1 Å². The second-order valence-corrected chi connectivity index (χ2v) is 6.31. The summed E-state index contributed by atoms with van der Waals surface area (Å²) in [6.45, 7) is 10.6. The summed E-state index contributed by atoms with van der Waals surface area (Å²) in [5.74, 6) is -1.02. The fourth-order valence-corrected chi connectivity index (χ4v) is 2.46. The van der Waals surface area contributed by atoms with Gasteiger partial charge in [0.15, 0.2) is 5.92 Å². The normalized spacial score (nSPS) is 11.9. The first-order chi connectivity index (χ1) is 10.9. The van der Waals surface area contributed by atoms with E-state index in [1.807, 2.05) is 0 Å². The van der Waals surface area contributed by atoms with Crippen LogP contribution in [0.2, 0.25) is 0 Å². The molecule has 0 aliphatic carbocycles. The molecule has 0 radical (unpaired) electrons. The lowest BCUT2D eigenvalue weighted by molar-refractivity contribution is -0.161. The number of carbonyl (C=O) groups is 2. The van der Waals surface area contributed by atoms with Crippen molar-refractivity contribution in [3.05, 3.63) is 11.6 Å². The van der Waals surface area contributed by atoms with Crippen LogP contribution in [0.1, 0.15) is 73.1 Å². The van der Waals surface area contributed by atoms with E-state index in [4.69, 9.17) is 9.47 Å². The van der Waals surface area contributed by atoms with Gasteiger partial charge in [-0.05, 0) is 52.9 Å². The first-order valence-corrected chi connectivity index (χ1v) is 8.88. The van der Waals surface area contributed by atoms with Gasteiger partial charge in [-0.15, -0.1) is 0 Å². The Morgan fingerprint density at radius 2 is 1.43 bits per heavy atom. The van der Waals surface area contributed by atoms with E-state index in [1.165, 1.54) is 12.0 Å². The van der Waals surface area contributed by atoms with E-state index in [0.29, 0.717) is 12.3 Å². The number of hydrogen-bond acceptors (Lipinski definition) is 4. The number of hydrogen-bond donors (Lipinski definition) is 0. The number of esters is 2. The third-order valence-corrected chi connectivity index (χ3v) is 3.79. The highest BCUT2D eigenvalue weighted by Crippen LogP contribution is 2.19. The number of unbranched alkanes of at least 4 members (excludes halogenated alkanes) is 1. The van der Waals surface area contributed by atoms with Gasteiger partial charge in [-0.3, -0.25) is 9.59 Å². The molecule has 4 heteroatoms. The summed E-state index contributed by atoms with van der Waals surface area (Å²) in [6, 6.07) is 0. The topological polar surface area (TPSA) is 52.6 Å². The second kappa shape index (κ2) is 13.1. The van der Waals surface area contributed by atoms with Gasteiger partial charge < -0.3 is 9.47 Å². The predicted octanol–water partition coefficient (Wildman–Crippen LogP) is 4.67. The lowest BCUT2D eigenvalue weighted by atomic mass is 9.95. The molecule has 0 aromatic heterocycles. The van der Waals surface area contributed by atoms with Gasteiger partial charge in [0.1, 0.15) is 0 Å². The summed E-state index contributed by atoms with van der Waals surface area (Å²) in [5.41, 5.74) is 1.36. The zero-order chi connectivity index (χ0) is 17.7. The summed E-state index contributed by atoms with van der Waals surface area (Å²) >= 11 is 0. The molecule has 0 rings (SSSR count). The van der Waals surface area contributed by atoms with E-state index >= 15 is 0 Å². The molecular formula is C19H34O4. The zero-order valence-corrected chi connectivity index (χ0v) is 15.5. The Hall–Kier alpha value is -1.32. The van der Waals surface area contributed by atoms with E-state index in [-0.39, 0.29) is 13.2 Å². The van der Waals surface area contributed by atoms with Gasteiger partial charge in [0, 0.05) is 0 Å². The quantitative estimate of drug-likeness (QED) is 0.226. The maximum Gasteiger partial charge on any atom is 0.320 e. The highest BCUT2D eigenvalue weighted by Gasteiger charge is 2.28. The van der Waals surface area contributed by atoms with Crippen LogP contribution < -0.4 is 0 Å². The molecule has 0 amide bonds. The van der Waals surface area contributed by atoms with Crippen LogP contribution >= 0.6 is 0 Å². The third-order valence-electron chi connectivity index (χ3n) is 3.79. The number of carbonyl (C=O) groups excluding carboxylic acids is 2. The van der Waals surface area contributed by atoms with Crippen LogP contribution in [0, 0.1) is 11.8 Å². The molecule has 0 spiro atoms. The van der Waals surface area contributed by atoms with Crippen LogP contribution in [0.3, 0.4) is 0 Å². The molecule has 0 fully saturated rings. The maximum atomic E-state index is 11.9. The minimum atomic E-state index is -0.768. The standard InChI is InChI=1S/C19H34O4/c1-6-22-18(20)17(19(21)23-7-2)14-9-8-12-16(5)13-10-11-15(3)4/h11,16-17H,6-10,12-14H2,1-5H3/t16-/m1/s1. The van der Waals surface area contributed by atoms with Crippen LogP contribution in [0.4, 0.5) is 0 Å². The first kappa shape index (κ1) is 21.7. The van der Waals surface area contributed by atoms with E-state index in [9.17, 15) is 9.59 Å². The highest BCUT2D eigenvalue weighted by molar-refractivity contribution is 5.94. The molecule has 0 heterocycles. The molecule has 0 aliphatic rings. The highest BCUT2D eigenvalue weighted by atomic mass is 16.6. The van der Waals surface area contributed by atoms with Crippen LogP contribution in [0.25, 0.3) is 0 Å². The van der Waals surface area contributed by atoms with E-state index in [1.54, 1.807) is 13.8 Å². The fraction of sp³-hybridized carbons (Fsp3) is 0.789. The van der Waals surface area contributed by atoms with Gasteiger partial charge in [0.25, 0.3) is 0 Å². The van der Waals surface area contributed by atoms with Gasteiger partial charge in [-0.25, -0.2) is 0 Å². The van der Waals surface area contributed by atoms with Crippen molar-refractivity contribution >= 4 is 11.9 Å². The van der Waals surface area contributed by atoms with E-state index < -0.39 is 17.9 Å². The van der Waals surface area contributed by atoms with Crippen molar-refractivity contribution in [2.75, 3.05) is 13.2 Å². The molecule has 1 atom stereocenters. The average molecular weight is 326 g/mol. The van der Waals surface area contributed by atoms with Crippen molar-refractivity contribution in [1.29, 1.82) is 0 Å². The molecule has 0 saturated heterocycles. The molecule has 134 valence electrons. The molecule has 0 aliphatic heterocycles. The van der Waals surface area contributed by atoms with Crippen LogP contribution in [-0.4, -0.2) is 25.2 Å². The molecule has 0 aromatic rings. The van der Waals surface area contributed by atoms with Crippen molar-refractivity contribution in [1.82, 2.24) is 0 Å². The van der Waals surface area contributed by atoms with Crippen molar-refractivity contribution in [3.63, 3.8) is 0 Å². The van der Waals surface area contributed by atoms with Crippen molar-refractivity contribution in [2.24, 2.45) is 11.8 Å². The largest absolute Gasteiger partial charge is 0.465 e. The molecule has 0 unspecified atom stereocenters. The molecule has 0 N–H and O–H groups in total. The van der Waals surface area contributed by atoms with Gasteiger partial charge in [-0.1, -0.05) is 37.8 Å². The van der Waals surface area contributed by atoms with E-state index in [0.717, 1.165) is 25.7 Å². The molecule has 23 heavy (non-hydrogen) atoms. The van der Waals surface area contributed by atoms with Gasteiger partial charge in [0.2, 0.25) is 0 Å². The molecule has 0 aromatic carbocycles. The van der Waals surface area contributed by atoms with E-state index in [2.05, 4.69) is 26.8 Å².